The molecule has 132 valence electrons. The lowest BCUT2D eigenvalue weighted by molar-refractivity contribution is -0.113. The number of hydrogen-bond acceptors (Lipinski definition) is 1. The predicted molar refractivity (Wildman–Crippen MR) is 113 cm³/mol. The molecule has 0 fully saturated rings. The highest BCUT2D eigenvalue weighted by Gasteiger charge is 2.30. The van der Waals surface area contributed by atoms with Gasteiger partial charge < -0.3 is 0 Å². The van der Waals surface area contributed by atoms with Crippen LogP contribution in [0.5, 0.6) is 0 Å². The molecule has 0 saturated heterocycles. The highest BCUT2D eigenvalue weighted by Crippen LogP contribution is 2.35. The van der Waals surface area contributed by atoms with Crippen LogP contribution in [0.25, 0.3) is 11.8 Å². The van der Waals surface area contributed by atoms with Gasteiger partial charge in [0.05, 0.1) is 5.70 Å². The van der Waals surface area contributed by atoms with Crippen molar-refractivity contribution in [1.82, 2.24) is 0 Å². The van der Waals surface area contributed by atoms with Crippen LogP contribution in [0.1, 0.15) is 11.1 Å². The van der Waals surface area contributed by atoms with Gasteiger partial charge in [-0.3, -0.25) is 9.69 Å². The summed E-state index contributed by atoms with van der Waals surface area (Å²) >= 11 is 12.0. The summed E-state index contributed by atoms with van der Waals surface area (Å²) < 4.78 is 0. The molecule has 1 aliphatic heterocycles. The summed E-state index contributed by atoms with van der Waals surface area (Å²) in [6.07, 6.45) is 3.79. The molecule has 0 bridgehead atoms. The molecule has 3 aromatic carbocycles. The molecular formula is C23H15Cl2NO. The zero-order valence-corrected chi connectivity index (χ0v) is 15.8. The van der Waals surface area contributed by atoms with Gasteiger partial charge in [-0.05, 0) is 59.7 Å². The predicted octanol–water partition coefficient (Wildman–Crippen LogP) is 6.46. The first kappa shape index (κ1) is 17.6. The normalized spacial score (nSPS) is 15.3. The molecule has 0 saturated carbocycles. The van der Waals surface area contributed by atoms with Crippen molar-refractivity contribution in [3.8, 4) is 0 Å². The van der Waals surface area contributed by atoms with Crippen molar-refractivity contribution in [3.05, 3.63) is 112 Å². The van der Waals surface area contributed by atoms with E-state index >= 15 is 0 Å². The molecule has 4 rings (SSSR count). The van der Waals surface area contributed by atoms with Gasteiger partial charge in [0.15, 0.2) is 0 Å². The summed E-state index contributed by atoms with van der Waals surface area (Å²) in [4.78, 5) is 14.9. The Labute approximate surface area is 168 Å². The SMILES string of the molecule is O=C1C(=Cc2ccc(Cl)cc2)C=C(c2ccccc2)N1c1ccc(Cl)cc1. The van der Waals surface area contributed by atoms with Gasteiger partial charge in [-0.25, -0.2) is 0 Å². The van der Waals surface area contributed by atoms with Gasteiger partial charge >= 0.3 is 0 Å². The van der Waals surface area contributed by atoms with E-state index in [0.717, 1.165) is 22.5 Å². The Hall–Kier alpha value is -2.81. The van der Waals surface area contributed by atoms with E-state index in [1.54, 1.807) is 17.0 Å². The van der Waals surface area contributed by atoms with Crippen molar-refractivity contribution in [2.75, 3.05) is 4.90 Å². The van der Waals surface area contributed by atoms with E-state index in [4.69, 9.17) is 23.2 Å². The molecule has 1 amide bonds. The molecule has 4 heteroatoms. The van der Waals surface area contributed by atoms with E-state index in [1.165, 1.54) is 0 Å². The van der Waals surface area contributed by atoms with E-state index < -0.39 is 0 Å². The molecule has 2 nitrogen and oxygen atoms in total. The summed E-state index contributed by atoms with van der Waals surface area (Å²) in [5.41, 5.74) is 4.12. The zero-order valence-electron chi connectivity index (χ0n) is 14.3. The van der Waals surface area contributed by atoms with Crippen LogP contribution < -0.4 is 4.90 Å². The monoisotopic (exact) mass is 391 g/mol. The number of hydrogen-bond donors (Lipinski definition) is 0. The summed E-state index contributed by atoms with van der Waals surface area (Å²) in [6.45, 7) is 0. The number of carbonyl (C=O) groups is 1. The molecule has 0 radical (unpaired) electrons. The average Bonchev–Trinajstić information content (AvgIpc) is 3.01. The fourth-order valence-corrected chi connectivity index (χ4v) is 3.27. The van der Waals surface area contributed by atoms with Crippen molar-refractivity contribution >= 4 is 46.6 Å². The van der Waals surface area contributed by atoms with Gasteiger partial charge in [-0.2, -0.15) is 0 Å². The molecule has 0 spiro atoms. The van der Waals surface area contributed by atoms with Crippen molar-refractivity contribution in [2.24, 2.45) is 0 Å². The Kier molecular flexibility index (Phi) is 4.85. The van der Waals surface area contributed by atoms with Crippen LogP contribution in [0, 0.1) is 0 Å². The first-order valence-corrected chi connectivity index (χ1v) is 9.22. The van der Waals surface area contributed by atoms with E-state index in [2.05, 4.69) is 0 Å². The smallest absolute Gasteiger partial charge is 0.262 e. The standard InChI is InChI=1S/C23H15Cl2NO/c24-19-8-6-16(7-9-19)14-18-15-22(17-4-2-1-3-5-17)26(23(18)27)21-12-10-20(25)11-13-21/h1-15H. The van der Waals surface area contributed by atoms with E-state index in [-0.39, 0.29) is 5.91 Å². The fourth-order valence-electron chi connectivity index (χ4n) is 3.02. The van der Waals surface area contributed by atoms with E-state index in [0.29, 0.717) is 15.6 Å². The summed E-state index contributed by atoms with van der Waals surface area (Å²) in [7, 11) is 0. The minimum atomic E-state index is -0.0777. The molecule has 0 aromatic heterocycles. The number of rotatable bonds is 3. The Morgan fingerprint density at radius 3 is 1.96 bits per heavy atom. The second-order valence-corrected chi connectivity index (χ2v) is 7.04. The molecule has 3 aromatic rings. The van der Waals surface area contributed by atoms with Crippen LogP contribution in [0.15, 0.2) is 90.5 Å². The maximum Gasteiger partial charge on any atom is 0.262 e. The van der Waals surface area contributed by atoms with Crippen molar-refractivity contribution in [3.63, 3.8) is 0 Å². The number of carbonyl (C=O) groups excluding carboxylic acids is 1. The third-order valence-electron chi connectivity index (χ3n) is 4.33. The lowest BCUT2D eigenvalue weighted by Crippen LogP contribution is -2.24. The van der Waals surface area contributed by atoms with Crippen LogP contribution in [0.2, 0.25) is 10.0 Å². The van der Waals surface area contributed by atoms with Crippen LogP contribution in [0.4, 0.5) is 5.69 Å². The number of nitrogens with zero attached hydrogens (tertiary/aromatic N) is 1. The highest BCUT2D eigenvalue weighted by atomic mass is 35.5. The van der Waals surface area contributed by atoms with E-state index in [9.17, 15) is 4.79 Å². The topological polar surface area (TPSA) is 20.3 Å². The Balaban J connectivity index is 1.80. The molecule has 27 heavy (non-hydrogen) atoms. The van der Waals surface area contributed by atoms with Gasteiger partial charge in [0.25, 0.3) is 5.91 Å². The van der Waals surface area contributed by atoms with Gasteiger partial charge in [-0.1, -0.05) is 65.7 Å². The lowest BCUT2D eigenvalue weighted by Gasteiger charge is -2.21. The largest absolute Gasteiger partial charge is 0.276 e. The van der Waals surface area contributed by atoms with Gasteiger partial charge in [0, 0.05) is 21.3 Å². The van der Waals surface area contributed by atoms with Crippen LogP contribution in [-0.4, -0.2) is 5.91 Å². The van der Waals surface area contributed by atoms with Crippen LogP contribution in [0.3, 0.4) is 0 Å². The number of anilines is 1. The number of halogens is 2. The minimum Gasteiger partial charge on any atom is -0.276 e. The maximum atomic E-state index is 13.2. The summed E-state index contributed by atoms with van der Waals surface area (Å²) in [5.74, 6) is -0.0777. The van der Waals surface area contributed by atoms with Crippen molar-refractivity contribution in [2.45, 2.75) is 0 Å². The fraction of sp³-hybridized carbons (Fsp3) is 0. The first-order chi connectivity index (χ1) is 13.1. The van der Waals surface area contributed by atoms with Gasteiger partial charge in [0.1, 0.15) is 0 Å². The van der Waals surface area contributed by atoms with Crippen LogP contribution >= 0.6 is 23.2 Å². The Morgan fingerprint density at radius 1 is 0.741 bits per heavy atom. The molecule has 0 aliphatic carbocycles. The summed E-state index contributed by atoms with van der Waals surface area (Å²) in [5, 5.41) is 1.30. The number of amides is 1. The molecule has 1 heterocycles. The van der Waals surface area contributed by atoms with Crippen molar-refractivity contribution in [1.29, 1.82) is 0 Å². The van der Waals surface area contributed by atoms with Crippen LogP contribution in [-0.2, 0) is 4.79 Å². The second kappa shape index (κ2) is 7.43. The Morgan fingerprint density at radius 2 is 1.33 bits per heavy atom. The first-order valence-electron chi connectivity index (χ1n) is 8.46. The van der Waals surface area contributed by atoms with Crippen molar-refractivity contribution < 1.29 is 4.79 Å². The maximum absolute atomic E-state index is 13.2. The molecular weight excluding hydrogens is 377 g/mol. The third-order valence-corrected chi connectivity index (χ3v) is 4.83. The molecule has 1 aliphatic rings. The quantitative estimate of drug-likeness (QED) is 0.468. The molecule has 0 atom stereocenters. The Bertz CT molecular complexity index is 1040. The molecule has 0 unspecified atom stereocenters. The van der Waals surface area contributed by atoms with Gasteiger partial charge in [-0.15, -0.1) is 0 Å². The van der Waals surface area contributed by atoms with Gasteiger partial charge in [0.2, 0.25) is 0 Å². The number of benzene rings is 3. The summed E-state index contributed by atoms with van der Waals surface area (Å²) in [6, 6.07) is 24.5. The second-order valence-electron chi connectivity index (χ2n) is 6.16. The zero-order chi connectivity index (χ0) is 18.8. The highest BCUT2D eigenvalue weighted by molar-refractivity contribution is 6.31. The third kappa shape index (κ3) is 3.68. The average molecular weight is 392 g/mol. The lowest BCUT2D eigenvalue weighted by atomic mass is 10.1. The van der Waals surface area contributed by atoms with E-state index in [1.807, 2.05) is 78.9 Å². The minimum absolute atomic E-state index is 0.0777. The molecule has 0 N–H and O–H groups in total.